The van der Waals surface area contributed by atoms with Crippen molar-refractivity contribution in [3.05, 3.63) is 46.8 Å². The van der Waals surface area contributed by atoms with Crippen LogP contribution in [0.15, 0.2) is 39.9 Å². The van der Waals surface area contributed by atoms with Gasteiger partial charge in [-0.05, 0) is 37.8 Å². The van der Waals surface area contributed by atoms with Crippen LogP contribution in [0.1, 0.15) is 31.6 Å². The first-order chi connectivity index (χ1) is 14.7. The third kappa shape index (κ3) is 2.77. The normalized spacial score (nSPS) is 16.1. The third-order valence-corrected chi connectivity index (χ3v) is 6.00. The zero-order valence-corrected chi connectivity index (χ0v) is 17.0. The van der Waals surface area contributed by atoms with Crippen molar-refractivity contribution in [1.82, 2.24) is 24.1 Å². The van der Waals surface area contributed by atoms with Gasteiger partial charge in [-0.15, -0.1) is 0 Å². The Kier molecular flexibility index (Phi) is 4.63. The maximum atomic E-state index is 13.4. The molecule has 0 radical (unpaired) electrons. The lowest BCUT2D eigenvalue weighted by Crippen LogP contribution is -2.25. The Morgan fingerprint density at radius 2 is 1.93 bits per heavy atom. The topological polar surface area (TPSA) is 96.7 Å². The number of fused-ring (bicyclic) bond motifs is 3. The van der Waals surface area contributed by atoms with Gasteiger partial charge < -0.3 is 18.6 Å². The van der Waals surface area contributed by atoms with E-state index < -0.39 is 5.60 Å². The van der Waals surface area contributed by atoms with Crippen LogP contribution in [0.25, 0.3) is 28.1 Å². The van der Waals surface area contributed by atoms with Gasteiger partial charge in [0.1, 0.15) is 23.1 Å². The predicted octanol–water partition coefficient (Wildman–Crippen LogP) is 2.76. The summed E-state index contributed by atoms with van der Waals surface area (Å²) in [5.41, 5.74) is 1.77. The largest absolute Gasteiger partial charge is 0.383 e. The second-order valence-corrected chi connectivity index (χ2v) is 7.58. The van der Waals surface area contributed by atoms with Gasteiger partial charge in [-0.1, -0.05) is 17.3 Å². The first-order valence-corrected chi connectivity index (χ1v) is 10.1. The first-order valence-electron chi connectivity index (χ1n) is 10.1. The van der Waals surface area contributed by atoms with Gasteiger partial charge in [-0.2, -0.15) is 4.98 Å². The maximum absolute atomic E-state index is 13.4. The Morgan fingerprint density at radius 1 is 1.17 bits per heavy atom. The highest BCUT2D eigenvalue weighted by Crippen LogP contribution is 2.41. The molecule has 156 valence electrons. The first kappa shape index (κ1) is 19.0. The van der Waals surface area contributed by atoms with Crippen molar-refractivity contribution in [1.29, 1.82) is 0 Å². The minimum absolute atomic E-state index is 0.174. The van der Waals surface area contributed by atoms with Crippen LogP contribution < -0.4 is 5.56 Å². The van der Waals surface area contributed by atoms with Crippen molar-refractivity contribution in [2.45, 2.75) is 37.8 Å². The molecule has 1 aliphatic carbocycles. The zero-order chi connectivity index (χ0) is 20.7. The molecule has 30 heavy (non-hydrogen) atoms. The molecule has 0 amide bonds. The second kappa shape index (κ2) is 7.33. The highest BCUT2D eigenvalue weighted by Gasteiger charge is 2.41. The number of hydrogen-bond acceptors (Lipinski definition) is 7. The molecule has 4 aromatic rings. The lowest BCUT2D eigenvalue weighted by molar-refractivity contribution is -0.0342. The summed E-state index contributed by atoms with van der Waals surface area (Å²) in [5.74, 6) is 0.737. The minimum Gasteiger partial charge on any atom is -0.383 e. The molecule has 0 aliphatic heterocycles. The van der Waals surface area contributed by atoms with Gasteiger partial charge >= 0.3 is 0 Å². The van der Waals surface area contributed by atoms with Crippen molar-refractivity contribution >= 4 is 16.6 Å². The summed E-state index contributed by atoms with van der Waals surface area (Å²) in [6.45, 7) is 0.855. The van der Waals surface area contributed by atoms with Crippen LogP contribution in [0.4, 0.5) is 0 Å². The van der Waals surface area contributed by atoms with Crippen LogP contribution in [0, 0.1) is 0 Å². The van der Waals surface area contributed by atoms with Gasteiger partial charge in [-0.3, -0.25) is 9.20 Å². The van der Waals surface area contributed by atoms with Gasteiger partial charge in [0, 0.05) is 20.8 Å². The van der Waals surface area contributed by atoms with Gasteiger partial charge in [0.25, 0.3) is 11.4 Å². The van der Waals surface area contributed by atoms with Crippen LogP contribution >= 0.6 is 0 Å². The molecule has 5 rings (SSSR count). The Morgan fingerprint density at radius 3 is 2.67 bits per heavy atom. The monoisotopic (exact) mass is 409 g/mol. The molecule has 9 heteroatoms. The van der Waals surface area contributed by atoms with Crippen LogP contribution in [0.2, 0.25) is 0 Å². The smallest absolute Gasteiger partial charge is 0.277 e. The van der Waals surface area contributed by atoms with Crippen LogP contribution in [-0.2, 0) is 21.6 Å². The number of aromatic nitrogens is 5. The van der Waals surface area contributed by atoms with Gasteiger partial charge in [-0.25, -0.2) is 4.98 Å². The highest BCUT2D eigenvalue weighted by molar-refractivity contribution is 5.83. The number of para-hydroxylation sites is 2. The molecular formula is C21H23N5O4. The van der Waals surface area contributed by atoms with Crippen LogP contribution in [-0.4, -0.2) is 44.9 Å². The molecule has 3 heterocycles. The minimum atomic E-state index is -0.549. The number of methoxy groups -OCH3 is 2. The average molecular weight is 409 g/mol. The molecule has 3 aromatic heterocycles. The van der Waals surface area contributed by atoms with E-state index in [1.807, 2.05) is 24.3 Å². The fourth-order valence-electron chi connectivity index (χ4n) is 4.39. The maximum Gasteiger partial charge on any atom is 0.277 e. The number of benzene rings is 1. The van der Waals surface area contributed by atoms with Crippen molar-refractivity contribution in [2.75, 3.05) is 20.8 Å². The molecule has 1 aromatic carbocycles. The van der Waals surface area contributed by atoms with Gasteiger partial charge in [0.2, 0.25) is 5.82 Å². The number of ether oxygens (including phenoxy) is 2. The van der Waals surface area contributed by atoms with E-state index >= 15 is 0 Å². The quantitative estimate of drug-likeness (QED) is 0.483. The standard InChI is InChI=1S/C21H23N5O4/c1-28-12-11-25-14-7-3-4-8-15(14)26-13-22-16(17(26)19(25)27)18-23-20(30-24-18)21(29-2)9-5-6-10-21/h3-4,7-8,13H,5-6,9-12H2,1-2H3. The van der Waals surface area contributed by atoms with E-state index in [1.165, 1.54) is 0 Å². The molecule has 0 unspecified atom stereocenters. The predicted molar refractivity (Wildman–Crippen MR) is 109 cm³/mol. The Hall–Kier alpha value is -3.04. The highest BCUT2D eigenvalue weighted by atomic mass is 16.5. The SMILES string of the molecule is COCCn1c(=O)c2c(-c3noc(C4(OC)CCCC4)n3)ncn2c2ccccc21. The van der Waals surface area contributed by atoms with Crippen molar-refractivity contribution < 1.29 is 14.0 Å². The van der Waals surface area contributed by atoms with E-state index in [2.05, 4.69) is 15.1 Å². The molecule has 0 spiro atoms. The Labute approximate surface area is 172 Å². The fourth-order valence-corrected chi connectivity index (χ4v) is 4.39. The average Bonchev–Trinajstić information content (AvgIpc) is 3.52. The summed E-state index contributed by atoms with van der Waals surface area (Å²) in [7, 11) is 3.29. The fraction of sp³-hybridized carbons (Fsp3) is 0.429. The summed E-state index contributed by atoms with van der Waals surface area (Å²) in [4.78, 5) is 22.5. The lowest BCUT2D eigenvalue weighted by Gasteiger charge is -2.21. The summed E-state index contributed by atoms with van der Waals surface area (Å²) < 4.78 is 20.0. The van der Waals surface area contributed by atoms with Crippen LogP contribution in [0.5, 0.6) is 0 Å². The van der Waals surface area contributed by atoms with Crippen molar-refractivity contribution in [3.8, 4) is 11.5 Å². The lowest BCUT2D eigenvalue weighted by atomic mass is 10.0. The molecule has 0 atom stereocenters. The molecule has 0 bridgehead atoms. The third-order valence-electron chi connectivity index (χ3n) is 6.00. The number of hydrogen-bond donors (Lipinski definition) is 0. The van der Waals surface area contributed by atoms with Gasteiger partial charge in [0.15, 0.2) is 0 Å². The van der Waals surface area contributed by atoms with Crippen molar-refractivity contribution in [3.63, 3.8) is 0 Å². The van der Waals surface area contributed by atoms with E-state index in [0.29, 0.717) is 36.1 Å². The zero-order valence-electron chi connectivity index (χ0n) is 17.0. The molecule has 1 fully saturated rings. The number of imidazole rings is 1. The Bertz CT molecular complexity index is 1270. The molecule has 0 N–H and O–H groups in total. The molecule has 9 nitrogen and oxygen atoms in total. The molecule has 1 aliphatic rings. The van der Waals surface area contributed by atoms with Crippen LogP contribution in [0.3, 0.4) is 0 Å². The number of nitrogens with zero attached hydrogens (tertiary/aromatic N) is 5. The summed E-state index contributed by atoms with van der Waals surface area (Å²) in [6.07, 6.45) is 5.41. The van der Waals surface area contributed by atoms with E-state index in [0.717, 1.165) is 36.7 Å². The number of rotatable bonds is 6. The van der Waals surface area contributed by atoms with E-state index in [9.17, 15) is 4.79 Å². The van der Waals surface area contributed by atoms with E-state index in [4.69, 9.17) is 14.0 Å². The summed E-state index contributed by atoms with van der Waals surface area (Å²) in [6, 6.07) is 7.71. The molecule has 1 saturated carbocycles. The van der Waals surface area contributed by atoms with Crippen molar-refractivity contribution in [2.24, 2.45) is 0 Å². The summed E-state index contributed by atoms with van der Waals surface area (Å²) in [5, 5.41) is 4.14. The van der Waals surface area contributed by atoms with Gasteiger partial charge in [0.05, 0.1) is 17.6 Å². The van der Waals surface area contributed by atoms with E-state index in [1.54, 1.807) is 29.5 Å². The molecule has 0 saturated heterocycles. The molecular weight excluding hydrogens is 386 g/mol. The Balaban J connectivity index is 1.70. The summed E-state index contributed by atoms with van der Waals surface area (Å²) >= 11 is 0. The van der Waals surface area contributed by atoms with E-state index in [-0.39, 0.29) is 5.56 Å². The second-order valence-electron chi connectivity index (χ2n) is 7.58.